The van der Waals surface area contributed by atoms with E-state index in [9.17, 15) is 9.59 Å². The fraction of sp³-hybridized carbons (Fsp3) is 0.588. The smallest absolute Gasteiger partial charge is 0.319 e. The van der Waals surface area contributed by atoms with Gasteiger partial charge in [0.15, 0.2) is 5.16 Å². The normalized spacial score (nSPS) is 18.6. The van der Waals surface area contributed by atoms with Crippen LogP contribution in [0.25, 0.3) is 10.2 Å². The SMILES string of the molecule is CC(C)OC(=O)[C@@H](C)Sc1nc2sc3c(c2c(=O)[nH]1)CC[C@@H](C)C3. The topological polar surface area (TPSA) is 72.0 Å². The molecule has 2 aromatic heterocycles. The minimum atomic E-state index is -0.414. The first-order valence-corrected chi connectivity index (χ1v) is 9.96. The van der Waals surface area contributed by atoms with E-state index in [1.54, 1.807) is 18.3 Å². The van der Waals surface area contributed by atoms with E-state index in [4.69, 9.17) is 4.74 Å². The molecule has 0 fully saturated rings. The third kappa shape index (κ3) is 3.52. The van der Waals surface area contributed by atoms with Gasteiger partial charge in [-0.15, -0.1) is 11.3 Å². The van der Waals surface area contributed by atoms with Crippen LogP contribution in [0.15, 0.2) is 9.95 Å². The Morgan fingerprint density at radius 3 is 2.88 bits per heavy atom. The zero-order valence-corrected chi connectivity index (χ0v) is 16.0. The number of hydrogen-bond donors (Lipinski definition) is 1. The Morgan fingerprint density at radius 2 is 2.17 bits per heavy atom. The molecule has 7 heteroatoms. The molecule has 0 saturated carbocycles. The predicted molar refractivity (Wildman–Crippen MR) is 98.0 cm³/mol. The van der Waals surface area contributed by atoms with Gasteiger partial charge in [-0.1, -0.05) is 18.7 Å². The monoisotopic (exact) mass is 366 g/mol. The first-order valence-electron chi connectivity index (χ1n) is 8.27. The Bertz CT molecular complexity index is 825. The second kappa shape index (κ2) is 6.88. The van der Waals surface area contributed by atoms with Crippen molar-refractivity contribution in [3.8, 4) is 0 Å². The second-order valence-corrected chi connectivity index (χ2v) is 9.06. The van der Waals surface area contributed by atoms with Crippen LogP contribution in [0.2, 0.25) is 0 Å². The van der Waals surface area contributed by atoms with Crippen LogP contribution >= 0.6 is 23.1 Å². The lowest BCUT2D eigenvalue weighted by atomic mass is 9.89. The Balaban J connectivity index is 1.89. The fourth-order valence-electron chi connectivity index (χ4n) is 2.93. The van der Waals surface area contributed by atoms with Crippen LogP contribution < -0.4 is 5.56 Å². The Kier molecular flexibility index (Phi) is 5.01. The molecule has 1 N–H and O–H groups in total. The van der Waals surface area contributed by atoms with Crippen molar-refractivity contribution >= 4 is 39.3 Å². The van der Waals surface area contributed by atoms with Crippen molar-refractivity contribution in [2.45, 2.75) is 63.5 Å². The van der Waals surface area contributed by atoms with Crippen molar-refractivity contribution in [1.82, 2.24) is 9.97 Å². The maximum Gasteiger partial charge on any atom is 0.319 e. The molecule has 2 heterocycles. The van der Waals surface area contributed by atoms with Crippen molar-refractivity contribution < 1.29 is 9.53 Å². The summed E-state index contributed by atoms with van der Waals surface area (Å²) in [7, 11) is 0. The summed E-state index contributed by atoms with van der Waals surface area (Å²) < 4.78 is 5.20. The lowest BCUT2D eigenvalue weighted by Crippen LogP contribution is -2.21. The molecule has 3 rings (SSSR count). The van der Waals surface area contributed by atoms with E-state index < -0.39 is 5.25 Å². The second-order valence-electron chi connectivity index (χ2n) is 6.65. The van der Waals surface area contributed by atoms with Crippen LogP contribution in [0.3, 0.4) is 0 Å². The van der Waals surface area contributed by atoms with E-state index in [-0.39, 0.29) is 17.6 Å². The number of aromatic amines is 1. The number of esters is 1. The molecule has 0 aromatic carbocycles. The Morgan fingerprint density at radius 1 is 1.42 bits per heavy atom. The molecule has 130 valence electrons. The lowest BCUT2D eigenvalue weighted by Gasteiger charge is -2.17. The standard InChI is InChI=1S/C17H22N2O3S2/c1-8(2)22-16(21)10(4)23-17-18-14(20)13-11-6-5-9(3)7-12(11)24-15(13)19-17/h8-10H,5-7H2,1-4H3,(H,18,19,20)/t9-,10-/m1/s1. The van der Waals surface area contributed by atoms with Gasteiger partial charge in [-0.25, -0.2) is 4.98 Å². The summed E-state index contributed by atoms with van der Waals surface area (Å²) in [6.07, 6.45) is 2.94. The van der Waals surface area contributed by atoms with E-state index in [0.29, 0.717) is 11.1 Å². The molecule has 2 atom stereocenters. The molecule has 2 aromatic rings. The van der Waals surface area contributed by atoms with Gasteiger partial charge >= 0.3 is 5.97 Å². The summed E-state index contributed by atoms with van der Waals surface area (Å²) in [5.41, 5.74) is 1.07. The Labute approximate surface area is 149 Å². The number of nitrogens with zero attached hydrogens (tertiary/aromatic N) is 1. The number of aryl methyl sites for hydroxylation is 1. The lowest BCUT2D eigenvalue weighted by molar-refractivity contribution is -0.146. The van der Waals surface area contributed by atoms with E-state index in [1.165, 1.54) is 22.2 Å². The number of thiophene rings is 1. The molecule has 5 nitrogen and oxygen atoms in total. The summed E-state index contributed by atoms with van der Waals surface area (Å²) in [5, 5.41) is 0.804. The average molecular weight is 367 g/mol. The van der Waals surface area contributed by atoms with Gasteiger partial charge in [0.2, 0.25) is 0 Å². The molecule has 1 aliphatic rings. The van der Waals surface area contributed by atoms with Crippen molar-refractivity contribution in [2.75, 3.05) is 0 Å². The summed E-state index contributed by atoms with van der Waals surface area (Å²) in [6, 6.07) is 0. The van der Waals surface area contributed by atoms with E-state index in [2.05, 4.69) is 16.9 Å². The maximum atomic E-state index is 12.5. The quantitative estimate of drug-likeness (QED) is 0.509. The van der Waals surface area contributed by atoms with Crippen molar-refractivity contribution in [3.05, 3.63) is 20.8 Å². The minimum Gasteiger partial charge on any atom is -0.462 e. The van der Waals surface area contributed by atoms with Gasteiger partial charge in [0.25, 0.3) is 5.56 Å². The molecule has 0 amide bonds. The zero-order valence-electron chi connectivity index (χ0n) is 14.3. The fourth-order valence-corrected chi connectivity index (χ4v) is 5.15. The molecule has 0 aliphatic heterocycles. The maximum absolute atomic E-state index is 12.5. The number of fused-ring (bicyclic) bond motifs is 3. The molecular formula is C17H22N2O3S2. The van der Waals surface area contributed by atoms with Gasteiger partial charge in [-0.2, -0.15) is 0 Å². The number of thioether (sulfide) groups is 1. The predicted octanol–water partition coefficient (Wildman–Crippen LogP) is 3.54. The van der Waals surface area contributed by atoms with Crippen molar-refractivity contribution in [2.24, 2.45) is 5.92 Å². The highest BCUT2D eigenvalue weighted by molar-refractivity contribution is 8.00. The van der Waals surface area contributed by atoms with Crippen LogP contribution in [0.1, 0.15) is 44.6 Å². The van der Waals surface area contributed by atoms with Crippen molar-refractivity contribution in [3.63, 3.8) is 0 Å². The molecule has 0 saturated heterocycles. The number of ether oxygens (including phenoxy) is 1. The minimum absolute atomic E-state index is 0.0982. The van der Waals surface area contributed by atoms with Crippen molar-refractivity contribution in [1.29, 1.82) is 0 Å². The number of rotatable bonds is 4. The third-order valence-corrected chi connectivity index (χ3v) is 6.23. The highest BCUT2D eigenvalue weighted by Gasteiger charge is 2.24. The molecule has 24 heavy (non-hydrogen) atoms. The van der Waals surface area contributed by atoms with Gasteiger partial charge in [0.1, 0.15) is 10.1 Å². The van der Waals surface area contributed by atoms with Gasteiger partial charge in [0, 0.05) is 4.88 Å². The first kappa shape index (κ1) is 17.5. The van der Waals surface area contributed by atoms with E-state index >= 15 is 0 Å². The summed E-state index contributed by atoms with van der Waals surface area (Å²) in [4.78, 5) is 34.0. The van der Waals surface area contributed by atoms with Crippen LogP contribution in [0.5, 0.6) is 0 Å². The summed E-state index contributed by atoms with van der Waals surface area (Å²) >= 11 is 2.85. The van der Waals surface area contributed by atoms with Gasteiger partial charge in [0.05, 0.1) is 11.5 Å². The number of hydrogen-bond acceptors (Lipinski definition) is 6. The number of carbonyl (C=O) groups excluding carboxylic acids is 1. The van der Waals surface area contributed by atoms with Crippen LogP contribution in [-0.2, 0) is 22.4 Å². The molecule has 0 bridgehead atoms. The summed E-state index contributed by atoms with van der Waals surface area (Å²) in [5.74, 6) is 0.362. The zero-order chi connectivity index (χ0) is 17.4. The molecule has 0 radical (unpaired) electrons. The average Bonchev–Trinajstić information content (AvgIpc) is 2.83. The number of aromatic nitrogens is 2. The highest BCUT2D eigenvalue weighted by atomic mass is 32.2. The van der Waals surface area contributed by atoms with Gasteiger partial charge in [-0.3, -0.25) is 9.59 Å². The van der Waals surface area contributed by atoms with Gasteiger partial charge in [-0.05, 0) is 51.5 Å². The largest absolute Gasteiger partial charge is 0.462 e. The van der Waals surface area contributed by atoms with E-state index in [1.807, 2.05) is 13.8 Å². The van der Waals surface area contributed by atoms with Crippen LogP contribution in [0, 0.1) is 5.92 Å². The number of carbonyl (C=O) groups is 1. The molecule has 0 spiro atoms. The third-order valence-electron chi connectivity index (χ3n) is 4.12. The first-order chi connectivity index (χ1) is 11.3. The van der Waals surface area contributed by atoms with Crippen LogP contribution in [0.4, 0.5) is 0 Å². The molecule has 1 aliphatic carbocycles. The number of H-pyrrole nitrogens is 1. The highest BCUT2D eigenvalue weighted by Crippen LogP contribution is 2.36. The summed E-state index contributed by atoms with van der Waals surface area (Å²) in [6.45, 7) is 7.65. The number of nitrogens with one attached hydrogen (secondary N) is 1. The Hall–Kier alpha value is -1.34. The van der Waals surface area contributed by atoms with Gasteiger partial charge < -0.3 is 9.72 Å². The van der Waals surface area contributed by atoms with Crippen LogP contribution in [-0.4, -0.2) is 27.3 Å². The molecule has 0 unspecified atom stereocenters. The molecular weight excluding hydrogens is 344 g/mol. The van der Waals surface area contributed by atoms with E-state index in [0.717, 1.165) is 29.5 Å².